The van der Waals surface area contributed by atoms with Gasteiger partial charge < -0.3 is 14.8 Å². The lowest BCUT2D eigenvalue weighted by molar-refractivity contribution is 0.174. The number of rotatable bonds is 1. The molecular formula is C21H15N3O2. The van der Waals surface area contributed by atoms with Gasteiger partial charge in [-0.1, -0.05) is 30.3 Å². The normalized spacial score (nSPS) is 16.8. The Hall–Kier alpha value is -3.47. The molecule has 0 saturated carbocycles. The molecule has 26 heavy (non-hydrogen) atoms. The zero-order valence-electron chi connectivity index (χ0n) is 13.8. The van der Waals surface area contributed by atoms with Crippen LogP contribution in [0.1, 0.15) is 11.7 Å². The number of para-hydroxylation sites is 3. The van der Waals surface area contributed by atoms with Crippen molar-refractivity contribution in [1.82, 2.24) is 9.55 Å². The van der Waals surface area contributed by atoms with Crippen LogP contribution < -0.4 is 14.8 Å². The van der Waals surface area contributed by atoms with Crippen molar-refractivity contribution < 1.29 is 9.47 Å². The maximum Gasteiger partial charge on any atom is 0.231 e. The molecule has 6 rings (SSSR count). The van der Waals surface area contributed by atoms with Gasteiger partial charge in [0, 0.05) is 11.3 Å². The molecule has 2 aliphatic heterocycles. The number of anilines is 1. The SMILES string of the molecule is c1ccc2c(c1)NC(c1ccc3c(c1)OCO3)n1c-2nc2ccccc21. The fourth-order valence-electron chi connectivity index (χ4n) is 3.83. The topological polar surface area (TPSA) is 48.3 Å². The van der Waals surface area contributed by atoms with Crippen LogP contribution in [0.3, 0.4) is 0 Å². The Morgan fingerprint density at radius 1 is 0.923 bits per heavy atom. The summed E-state index contributed by atoms with van der Waals surface area (Å²) in [7, 11) is 0. The Morgan fingerprint density at radius 2 is 1.77 bits per heavy atom. The molecule has 0 saturated heterocycles. The van der Waals surface area contributed by atoms with E-state index in [0.29, 0.717) is 0 Å². The first-order valence-electron chi connectivity index (χ1n) is 8.61. The zero-order valence-corrected chi connectivity index (χ0v) is 13.8. The van der Waals surface area contributed by atoms with Crippen LogP contribution in [0.25, 0.3) is 22.4 Å². The van der Waals surface area contributed by atoms with E-state index in [9.17, 15) is 0 Å². The third-order valence-electron chi connectivity index (χ3n) is 5.03. The first kappa shape index (κ1) is 13.8. The van der Waals surface area contributed by atoms with E-state index in [2.05, 4.69) is 46.3 Å². The van der Waals surface area contributed by atoms with Gasteiger partial charge in [0.15, 0.2) is 11.5 Å². The summed E-state index contributed by atoms with van der Waals surface area (Å²) in [5.74, 6) is 2.55. The van der Waals surface area contributed by atoms with Crippen LogP contribution in [-0.4, -0.2) is 16.3 Å². The van der Waals surface area contributed by atoms with E-state index >= 15 is 0 Å². The van der Waals surface area contributed by atoms with E-state index in [0.717, 1.165) is 45.2 Å². The summed E-state index contributed by atoms with van der Waals surface area (Å²) in [4.78, 5) is 4.91. The van der Waals surface area contributed by atoms with E-state index in [-0.39, 0.29) is 13.0 Å². The highest BCUT2D eigenvalue weighted by Crippen LogP contribution is 2.42. The quantitative estimate of drug-likeness (QED) is 0.557. The number of ether oxygens (including phenoxy) is 2. The highest BCUT2D eigenvalue weighted by Gasteiger charge is 2.29. The van der Waals surface area contributed by atoms with Crippen molar-refractivity contribution in [3.63, 3.8) is 0 Å². The molecule has 5 heteroatoms. The smallest absolute Gasteiger partial charge is 0.231 e. The lowest BCUT2D eigenvalue weighted by atomic mass is 10.1. The Balaban J connectivity index is 1.62. The first-order chi connectivity index (χ1) is 12.9. The molecule has 4 aromatic rings. The average molecular weight is 341 g/mol. The minimum absolute atomic E-state index is 0.0678. The lowest BCUT2D eigenvalue weighted by Crippen LogP contribution is -2.24. The van der Waals surface area contributed by atoms with E-state index < -0.39 is 0 Å². The van der Waals surface area contributed by atoms with Gasteiger partial charge in [-0.25, -0.2) is 4.98 Å². The van der Waals surface area contributed by atoms with Crippen LogP contribution in [-0.2, 0) is 0 Å². The molecule has 1 atom stereocenters. The summed E-state index contributed by atoms with van der Waals surface area (Å²) in [6.07, 6.45) is -0.0678. The highest BCUT2D eigenvalue weighted by atomic mass is 16.7. The molecule has 3 heterocycles. The number of nitrogens with one attached hydrogen (secondary N) is 1. The maximum absolute atomic E-state index is 5.58. The number of nitrogens with zero attached hydrogens (tertiary/aromatic N) is 2. The molecule has 0 bridgehead atoms. The van der Waals surface area contributed by atoms with Gasteiger partial charge >= 0.3 is 0 Å². The standard InChI is InChI=1S/C21H15N3O2/c1-2-6-15-14(5-1)21-23-16-7-3-4-8-17(16)24(21)20(22-15)13-9-10-18-19(11-13)26-12-25-18/h1-11,20,22H,12H2. The van der Waals surface area contributed by atoms with Crippen molar-refractivity contribution in [2.45, 2.75) is 6.17 Å². The molecule has 0 fully saturated rings. The van der Waals surface area contributed by atoms with Crippen LogP contribution in [0.4, 0.5) is 5.69 Å². The van der Waals surface area contributed by atoms with E-state index in [1.54, 1.807) is 0 Å². The van der Waals surface area contributed by atoms with Crippen molar-refractivity contribution >= 4 is 16.7 Å². The van der Waals surface area contributed by atoms with E-state index in [1.165, 1.54) is 0 Å². The number of aromatic nitrogens is 2. The van der Waals surface area contributed by atoms with Gasteiger partial charge in [0.1, 0.15) is 12.0 Å². The number of benzene rings is 3. The number of imidazole rings is 1. The van der Waals surface area contributed by atoms with Gasteiger partial charge in [0.25, 0.3) is 0 Å². The van der Waals surface area contributed by atoms with Crippen molar-refractivity contribution in [3.05, 3.63) is 72.3 Å². The molecule has 5 nitrogen and oxygen atoms in total. The lowest BCUT2D eigenvalue weighted by Gasteiger charge is -2.30. The summed E-state index contributed by atoms with van der Waals surface area (Å²) in [6, 6.07) is 22.6. The Bertz CT molecular complexity index is 1170. The summed E-state index contributed by atoms with van der Waals surface area (Å²) < 4.78 is 13.3. The Morgan fingerprint density at radius 3 is 2.77 bits per heavy atom. The van der Waals surface area contributed by atoms with Crippen molar-refractivity contribution in [3.8, 4) is 22.9 Å². The molecule has 3 aromatic carbocycles. The second kappa shape index (κ2) is 5.02. The van der Waals surface area contributed by atoms with Crippen LogP contribution in [0, 0.1) is 0 Å². The van der Waals surface area contributed by atoms with Gasteiger partial charge in [-0.2, -0.15) is 0 Å². The summed E-state index contributed by atoms with van der Waals surface area (Å²) in [5.41, 5.74) is 5.39. The summed E-state index contributed by atoms with van der Waals surface area (Å²) >= 11 is 0. The molecule has 0 amide bonds. The molecule has 1 unspecified atom stereocenters. The van der Waals surface area contributed by atoms with Crippen molar-refractivity contribution in [2.75, 3.05) is 12.1 Å². The minimum Gasteiger partial charge on any atom is -0.454 e. The second-order valence-corrected chi connectivity index (χ2v) is 6.50. The maximum atomic E-state index is 5.58. The second-order valence-electron chi connectivity index (χ2n) is 6.50. The average Bonchev–Trinajstić information content (AvgIpc) is 3.31. The van der Waals surface area contributed by atoms with Crippen molar-refractivity contribution in [2.24, 2.45) is 0 Å². The van der Waals surface area contributed by atoms with Gasteiger partial charge in [0.2, 0.25) is 6.79 Å². The predicted molar refractivity (Wildman–Crippen MR) is 99.5 cm³/mol. The number of hydrogen-bond acceptors (Lipinski definition) is 4. The number of fused-ring (bicyclic) bond motifs is 6. The summed E-state index contributed by atoms with van der Waals surface area (Å²) in [5, 5.41) is 3.67. The van der Waals surface area contributed by atoms with E-state index in [4.69, 9.17) is 14.5 Å². The first-order valence-corrected chi connectivity index (χ1v) is 8.61. The van der Waals surface area contributed by atoms with E-state index in [1.807, 2.05) is 30.3 Å². The third kappa shape index (κ3) is 1.82. The van der Waals surface area contributed by atoms with Gasteiger partial charge in [0.05, 0.1) is 11.0 Å². The van der Waals surface area contributed by atoms with Crippen LogP contribution in [0.15, 0.2) is 66.7 Å². The molecule has 126 valence electrons. The van der Waals surface area contributed by atoms with Crippen LogP contribution >= 0.6 is 0 Å². The zero-order chi connectivity index (χ0) is 17.1. The van der Waals surface area contributed by atoms with Crippen molar-refractivity contribution in [1.29, 1.82) is 0 Å². The third-order valence-corrected chi connectivity index (χ3v) is 5.03. The predicted octanol–water partition coefficient (Wildman–Crippen LogP) is 4.40. The molecular weight excluding hydrogens is 326 g/mol. The van der Waals surface area contributed by atoms with Gasteiger partial charge in [-0.05, 0) is 42.0 Å². The number of hydrogen-bond donors (Lipinski definition) is 1. The monoisotopic (exact) mass is 341 g/mol. The molecule has 2 aliphatic rings. The fourth-order valence-corrected chi connectivity index (χ4v) is 3.83. The van der Waals surface area contributed by atoms with Gasteiger partial charge in [-0.15, -0.1) is 0 Å². The Labute approximate surface area is 149 Å². The summed E-state index contributed by atoms with van der Waals surface area (Å²) in [6.45, 7) is 0.277. The van der Waals surface area contributed by atoms with Crippen LogP contribution in [0.2, 0.25) is 0 Å². The van der Waals surface area contributed by atoms with Gasteiger partial charge in [-0.3, -0.25) is 4.57 Å². The molecule has 0 radical (unpaired) electrons. The Kier molecular flexibility index (Phi) is 2.66. The highest BCUT2D eigenvalue weighted by molar-refractivity contribution is 5.86. The minimum atomic E-state index is -0.0678. The molecule has 0 aliphatic carbocycles. The fraction of sp³-hybridized carbons (Fsp3) is 0.0952. The molecule has 1 N–H and O–H groups in total. The molecule has 1 aromatic heterocycles. The van der Waals surface area contributed by atoms with Crippen LogP contribution in [0.5, 0.6) is 11.5 Å². The largest absolute Gasteiger partial charge is 0.454 e. The molecule has 0 spiro atoms.